The standard InChI is InChI=1S/C25H23ClN6O/c1-15(2)33-19-6-7-22(26)20(11-19)21-9-17(12-28-18-5-4-8-27-13-18)10-23-24(21)30-16(3)25-31-29-14-32(23)25/h4-11,13-15,28H,12H2,1-3H3. The fraction of sp³-hybridized carbons (Fsp3) is 0.200. The molecule has 0 unspecified atom stereocenters. The second-order valence-corrected chi connectivity index (χ2v) is 8.54. The van der Waals surface area contributed by atoms with Gasteiger partial charge in [0.25, 0.3) is 0 Å². The third kappa shape index (κ3) is 4.19. The molecule has 0 atom stereocenters. The first-order valence-electron chi connectivity index (χ1n) is 10.7. The van der Waals surface area contributed by atoms with Gasteiger partial charge in [-0.3, -0.25) is 9.38 Å². The van der Waals surface area contributed by atoms with Gasteiger partial charge < -0.3 is 10.1 Å². The zero-order valence-electron chi connectivity index (χ0n) is 18.6. The Hall–Kier alpha value is -3.71. The van der Waals surface area contributed by atoms with Gasteiger partial charge in [-0.2, -0.15) is 0 Å². The lowest BCUT2D eigenvalue weighted by atomic mass is 9.99. The predicted molar refractivity (Wildman–Crippen MR) is 131 cm³/mol. The summed E-state index contributed by atoms with van der Waals surface area (Å²) in [5.74, 6) is 0.763. The van der Waals surface area contributed by atoms with Gasteiger partial charge in [-0.1, -0.05) is 11.6 Å². The molecule has 3 aromatic heterocycles. The normalized spacial score (nSPS) is 11.4. The first-order valence-corrected chi connectivity index (χ1v) is 11.1. The Morgan fingerprint density at radius 2 is 2.00 bits per heavy atom. The zero-order valence-corrected chi connectivity index (χ0v) is 19.3. The van der Waals surface area contributed by atoms with Crippen molar-refractivity contribution in [3.63, 3.8) is 0 Å². The smallest absolute Gasteiger partial charge is 0.182 e. The van der Waals surface area contributed by atoms with E-state index in [2.05, 4.69) is 32.6 Å². The Morgan fingerprint density at radius 3 is 2.79 bits per heavy atom. The number of anilines is 1. The number of nitrogens with zero attached hydrogens (tertiary/aromatic N) is 5. The number of hydrogen-bond donors (Lipinski definition) is 1. The number of ether oxygens (including phenoxy) is 1. The van der Waals surface area contributed by atoms with Crippen LogP contribution in [-0.2, 0) is 6.54 Å². The summed E-state index contributed by atoms with van der Waals surface area (Å²) in [6.07, 6.45) is 5.33. The minimum atomic E-state index is 0.0582. The third-order valence-corrected chi connectivity index (χ3v) is 5.65. The van der Waals surface area contributed by atoms with Gasteiger partial charge in [-0.15, -0.1) is 10.2 Å². The van der Waals surface area contributed by atoms with Gasteiger partial charge in [0.1, 0.15) is 12.1 Å². The van der Waals surface area contributed by atoms with E-state index < -0.39 is 0 Å². The van der Waals surface area contributed by atoms with Crippen molar-refractivity contribution in [2.75, 3.05) is 5.32 Å². The van der Waals surface area contributed by atoms with Gasteiger partial charge in [0.2, 0.25) is 0 Å². The molecule has 5 aromatic rings. The van der Waals surface area contributed by atoms with Crippen molar-refractivity contribution in [3.8, 4) is 16.9 Å². The van der Waals surface area contributed by atoms with Crippen LogP contribution in [0.4, 0.5) is 5.69 Å². The highest BCUT2D eigenvalue weighted by Gasteiger charge is 2.16. The number of pyridine rings is 1. The molecule has 0 radical (unpaired) electrons. The maximum atomic E-state index is 6.69. The maximum absolute atomic E-state index is 6.69. The summed E-state index contributed by atoms with van der Waals surface area (Å²) in [7, 11) is 0. The first-order chi connectivity index (χ1) is 16.0. The molecular formula is C25H23ClN6O. The molecule has 0 aliphatic carbocycles. The number of nitrogens with one attached hydrogen (secondary N) is 1. The molecule has 0 aliphatic heterocycles. The first kappa shape index (κ1) is 21.2. The van der Waals surface area contributed by atoms with E-state index in [-0.39, 0.29) is 6.10 Å². The number of halogens is 1. The molecule has 0 spiro atoms. The average molecular weight is 459 g/mol. The Labute approximate surface area is 196 Å². The summed E-state index contributed by atoms with van der Waals surface area (Å²) >= 11 is 6.69. The molecule has 0 amide bonds. The summed E-state index contributed by atoms with van der Waals surface area (Å²) in [5.41, 5.74) is 7.06. The molecule has 0 saturated heterocycles. The number of benzene rings is 2. The van der Waals surface area contributed by atoms with Gasteiger partial charge in [0.15, 0.2) is 5.65 Å². The van der Waals surface area contributed by atoms with E-state index in [4.69, 9.17) is 21.3 Å². The van der Waals surface area contributed by atoms with Crippen LogP contribution >= 0.6 is 11.6 Å². The van der Waals surface area contributed by atoms with Crippen LogP contribution in [0.5, 0.6) is 5.75 Å². The highest BCUT2D eigenvalue weighted by molar-refractivity contribution is 6.33. The quantitative estimate of drug-likeness (QED) is 0.351. The van der Waals surface area contributed by atoms with Crippen LogP contribution < -0.4 is 10.1 Å². The van der Waals surface area contributed by atoms with Crippen LogP contribution in [0.15, 0.2) is 61.2 Å². The fourth-order valence-corrected chi connectivity index (χ4v) is 4.11. The lowest BCUT2D eigenvalue weighted by Gasteiger charge is -2.16. The largest absolute Gasteiger partial charge is 0.491 e. The predicted octanol–water partition coefficient (Wildman–Crippen LogP) is 5.70. The minimum Gasteiger partial charge on any atom is -0.491 e. The molecule has 0 saturated carbocycles. The second kappa shape index (κ2) is 8.67. The van der Waals surface area contributed by atoms with Crippen molar-refractivity contribution in [2.24, 2.45) is 0 Å². The van der Waals surface area contributed by atoms with Crippen LogP contribution in [0, 0.1) is 6.92 Å². The van der Waals surface area contributed by atoms with E-state index in [0.29, 0.717) is 11.6 Å². The van der Waals surface area contributed by atoms with Crippen LogP contribution in [-0.4, -0.2) is 30.7 Å². The minimum absolute atomic E-state index is 0.0582. The van der Waals surface area contributed by atoms with Crippen LogP contribution in [0.25, 0.3) is 27.8 Å². The molecule has 2 aromatic carbocycles. The number of hydrogen-bond acceptors (Lipinski definition) is 6. The molecule has 1 N–H and O–H groups in total. The van der Waals surface area contributed by atoms with Gasteiger partial charge >= 0.3 is 0 Å². The highest BCUT2D eigenvalue weighted by Crippen LogP contribution is 2.37. The van der Waals surface area contributed by atoms with E-state index in [1.54, 1.807) is 18.7 Å². The number of fused-ring (bicyclic) bond motifs is 3. The Bertz CT molecular complexity index is 1450. The molecule has 166 valence electrons. The number of aryl methyl sites for hydroxylation is 1. The van der Waals surface area contributed by atoms with E-state index in [9.17, 15) is 0 Å². The van der Waals surface area contributed by atoms with Crippen molar-refractivity contribution < 1.29 is 4.74 Å². The molecule has 0 aliphatic rings. The second-order valence-electron chi connectivity index (χ2n) is 8.14. The fourth-order valence-electron chi connectivity index (χ4n) is 3.89. The van der Waals surface area contributed by atoms with E-state index >= 15 is 0 Å². The average Bonchev–Trinajstić information content (AvgIpc) is 3.30. The zero-order chi connectivity index (χ0) is 22.9. The lowest BCUT2D eigenvalue weighted by molar-refractivity contribution is 0.242. The van der Waals surface area contributed by atoms with Gasteiger partial charge in [-0.25, -0.2) is 4.98 Å². The molecule has 8 heteroatoms. The summed E-state index contributed by atoms with van der Waals surface area (Å²) in [5, 5.41) is 12.4. The highest BCUT2D eigenvalue weighted by atomic mass is 35.5. The van der Waals surface area contributed by atoms with Gasteiger partial charge in [0.05, 0.1) is 28.5 Å². The van der Waals surface area contributed by atoms with E-state index in [1.807, 2.05) is 55.5 Å². The summed E-state index contributed by atoms with van der Waals surface area (Å²) in [6.45, 7) is 6.54. The summed E-state index contributed by atoms with van der Waals surface area (Å²) in [6, 6.07) is 13.8. The molecule has 5 rings (SSSR count). The lowest BCUT2D eigenvalue weighted by Crippen LogP contribution is -2.06. The van der Waals surface area contributed by atoms with Gasteiger partial charge in [0, 0.05) is 35.1 Å². The Balaban J connectivity index is 1.70. The monoisotopic (exact) mass is 458 g/mol. The van der Waals surface area contributed by atoms with Crippen LogP contribution in [0.2, 0.25) is 5.02 Å². The summed E-state index contributed by atoms with van der Waals surface area (Å²) in [4.78, 5) is 9.07. The molecule has 33 heavy (non-hydrogen) atoms. The number of rotatable bonds is 6. The number of aromatic nitrogens is 5. The van der Waals surface area contributed by atoms with Crippen LogP contribution in [0.3, 0.4) is 0 Å². The maximum Gasteiger partial charge on any atom is 0.182 e. The van der Waals surface area contributed by atoms with Gasteiger partial charge in [-0.05, 0) is 68.8 Å². The van der Waals surface area contributed by atoms with E-state index in [1.165, 1.54) is 0 Å². The molecule has 7 nitrogen and oxygen atoms in total. The van der Waals surface area contributed by atoms with Crippen molar-refractivity contribution in [1.82, 2.24) is 24.6 Å². The van der Waals surface area contributed by atoms with Crippen molar-refractivity contribution in [1.29, 1.82) is 0 Å². The Morgan fingerprint density at radius 1 is 1.12 bits per heavy atom. The van der Waals surface area contributed by atoms with Crippen molar-refractivity contribution in [3.05, 3.63) is 77.5 Å². The third-order valence-electron chi connectivity index (χ3n) is 5.32. The molecule has 0 fully saturated rings. The summed E-state index contributed by atoms with van der Waals surface area (Å²) < 4.78 is 7.91. The molecular weight excluding hydrogens is 436 g/mol. The Kier molecular flexibility index (Phi) is 5.56. The van der Waals surface area contributed by atoms with E-state index in [0.717, 1.165) is 50.5 Å². The molecule has 3 heterocycles. The topological polar surface area (TPSA) is 77.2 Å². The SMILES string of the molecule is Cc1nc2c(-c3cc(OC(C)C)ccc3Cl)cc(CNc3cccnc3)cc2n2cnnc12. The van der Waals surface area contributed by atoms with Crippen LogP contribution in [0.1, 0.15) is 25.1 Å². The van der Waals surface area contributed by atoms with Crippen molar-refractivity contribution >= 4 is 34.0 Å². The molecule has 0 bridgehead atoms. The van der Waals surface area contributed by atoms with Crippen molar-refractivity contribution in [2.45, 2.75) is 33.4 Å².